The fourth-order valence-corrected chi connectivity index (χ4v) is 1.56. The lowest BCUT2D eigenvalue weighted by molar-refractivity contribution is 0.121. The van der Waals surface area contributed by atoms with Crippen molar-refractivity contribution in [3.8, 4) is 0 Å². The predicted octanol–water partition coefficient (Wildman–Crippen LogP) is 1.77. The van der Waals surface area contributed by atoms with Crippen molar-refractivity contribution in [2.45, 2.75) is 19.8 Å². The second kappa shape index (κ2) is 5.96. The normalized spacial score (nSPS) is 12.0. The summed E-state index contributed by atoms with van der Waals surface area (Å²) in [5.41, 5.74) is 0. The molecule has 0 bridgehead atoms. The van der Waals surface area contributed by atoms with Crippen molar-refractivity contribution >= 4 is 19.2 Å². The molecular formula is C6H15ClO3Si. The van der Waals surface area contributed by atoms with Crippen LogP contribution in [0.1, 0.15) is 19.8 Å². The zero-order chi connectivity index (χ0) is 8.74. The molecule has 11 heavy (non-hydrogen) atoms. The lowest BCUT2D eigenvalue weighted by atomic mass is 10.4. The van der Waals surface area contributed by atoms with Gasteiger partial charge in [0, 0.05) is 20.8 Å². The fourth-order valence-electron chi connectivity index (χ4n) is 0.540. The third-order valence-corrected chi connectivity index (χ3v) is 4.04. The van der Waals surface area contributed by atoms with Crippen LogP contribution in [0.5, 0.6) is 0 Å². The molecule has 68 valence electrons. The molecule has 0 unspecified atom stereocenters. The summed E-state index contributed by atoms with van der Waals surface area (Å²) in [6.07, 6.45) is 2.06. The van der Waals surface area contributed by atoms with E-state index in [1.807, 2.05) is 0 Å². The van der Waals surface area contributed by atoms with E-state index in [1.165, 1.54) is 14.2 Å². The van der Waals surface area contributed by atoms with Gasteiger partial charge in [-0.25, -0.2) is 0 Å². The van der Waals surface area contributed by atoms with Gasteiger partial charge in [-0.05, 0) is 6.42 Å². The van der Waals surface area contributed by atoms with E-state index in [9.17, 15) is 0 Å². The summed E-state index contributed by atoms with van der Waals surface area (Å²) >= 11 is 5.82. The van der Waals surface area contributed by atoms with Gasteiger partial charge in [0.15, 0.2) is 0 Å². The zero-order valence-electron chi connectivity index (χ0n) is 7.22. The largest absolute Gasteiger partial charge is 0.612 e. The van der Waals surface area contributed by atoms with Gasteiger partial charge in [-0.1, -0.05) is 24.4 Å². The minimum atomic E-state index is -2.76. The van der Waals surface area contributed by atoms with Gasteiger partial charge in [-0.15, -0.1) is 0 Å². The smallest absolute Gasteiger partial charge is 0.365 e. The van der Waals surface area contributed by atoms with Crippen LogP contribution in [-0.4, -0.2) is 28.9 Å². The second-order valence-corrected chi connectivity index (χ2v) is 5.55. The number of rotatable bonds is 6. The van der Waals surface area contributed by atoms with E-state index < -0.39 is 8.11 Å². The van der Waals surface area contributed by atoms with Crippen LogP contribution in [0.25, 0.3) is 0 Å². The summed E-state index contributed by atoms with van der Waals surface area (Å²) in [6.45, 7) is 2.69. The van der Waals surface area contributed by atoms with Gasteiger partial charge >= 0.3 is 8.11 Å². The van der Waals surface area contributed by atoms with Crippen molar-refractivity contribution in [1.29, 1.82) is 0 Å². The maximum Gasteiger partial charge on any atom is 0.612 e. The molecule has 0 spiro atoms. The van der Waals surface area contributed by atoms with Crippen LogP contribution < -0.4 is 0 Å². The maximum absolute atomic E-state index is 5.82. The average Bonchev–Trinajstić information content (AvgIpc) is 2.05. The summed E-state index contributed by atoms with van der Waals surface area (Å²) in [4.78, 5) is 0. The molecule has 0 amide bonds. The quantitative estimate of drug-likeness (QED) is 0.370. The number of unbranched alkanes of at least 4 members (excludes halogenated alkanes) is 1. The summed E-state index contributed by atoms with van der Waals surface area (Å²) in [7, 11) is 0.227. The second-order valence-electron chi connectivity index (χ2n) is 2.09. The first-order valence-corrected chi connectivity index (χ1v) is 6.35. The Morgan fingerprint density at radius 3 is 2.18 bits per heavy atom. The highest BCUT2D eigenvalue weighted by molar-refractivity contribution is 7.09. The van der Waals surface area contributed by atoms with Crippen molar-refractivity contribution in [1.82, 2.24) is 0 Å². The average molecular weight is 199 g/mol. The van der Waals surface area contributed by atoms with Gasteiger partial charge in [0.2, 0.25) is 0 Å². The number of halogens is 1. The predicted molar refractivity (Wildman–Crippen MR) is 46.5 cm³/mol. The van der Waals surface area contributed by atoms with Crippen LogP contribution in [0.4, 0.5) is 0 Å². The van der Waals surface area contributed by atoms with Crippen molar-refractivity contribution in [3.63, 3.8) is 0 Å². The SMILES string of the molecule is CCCCO[Si](Cl)(OC)OC. The minimum absolute atomic E-state index is 0.605. The summed E-state index contributed by atoms with van der Waals surface area (Å²) in [5.74, 6) is 0. The molecule has 0 aliphatic heterocycles. The number of hydrogen-bond donors (Lipinski definition) is 0. The van der Waals surface area contributed by atoms with Gasteiger partial charge < -0.3 is 13.3 Å². The van der Waals surface area contributed by atoms with Crippen LogP contribution in [0.3, 0.4) is 0 Å². The van der Waals surface area contributed by atoms with Crippen LogP contribution in [0.15, 0.2) is 0 Å². The molecule has 0 aromatic rings. The molecule has 5 heteroatoms. The fraction of sp³-hybridized carbons (Fsp3) is 1.00. The Morgan fingerprint density at radius 1 is 1.27 bits per heavy atom. The van der Waals surface area contributed by atoms with E-state index in [2.05, 4.69) is 6.92 Å². The summed E-state index contributed by atoms with van der Waals surface area (Å²) < 4.78 is 15.0. The topological polar surface area (TPSA) is 27.7 Å². The van der Waals surface area contributed by atoms with E-state index in [4.69, 9.17) is 24.4 Å². The third-order valence-electron chi connectivity index (χ3n) is 1.26. The van der Waals surface area contributed by atoms with Gasteiger partial charge in [0.05, 0.1) is 0 Å². The van der Waals surface area contributed by atoms with E-state index in [-0.39, 0.29) is 0 Å². The van der Waals surface area contributed by atoms with E-state index >= 15 is 0 Å². The zero-order valence-corrected chi connectivity index (χ0v) is 8.98. The number of hydrogen-bond acceptors (Lipinski definition) is 3. The first-order valence-electron chi connectivity index (χ1n) is 3.61. The monoisotopic (exact) mass is 198 g/mol. The minimum Gasteiger partial charge on any atom is -0.365 e. The molecule has 0 atom stereocenters. The molecule has 0 rings (SSSR count). The molecule has 0 saturated carbocycles. The van der Waals surface area contributed by atoms with Gasteiger partial charge in [0.25, 0.3) is 0 Å². The lowest BCUT2D eigenvalue weighted by Crippen LogP contribution is -2.37. The van der Waals surface area contributed by atoms with Crippen LogP contribution in [0.2, 0.25) is 0 Å². The molecule has 0 fully saturated rings. The molecule has 0 radical (unpaired) electrons. The molecule has 0 aliphatic carbocycles. The van der Waals surface area contributed by atoms with Crippen molar-refractivity contribution in [2.24, 2.45) is 0 Å². The lowest BCUT2D eigenvalue weighted by Gasteiger charge is -2.18. The molecule has 3 nitrogen and oxygen atoms in total. The van der Waals surface area contributed by atoms with E-state index in [0.717, 1.165) is 12.8 Å². The summed E-state index contributed by atoms with van der Waals surface area (Å²) in [6, 6.07) is 0. The van der Waals surface area contributed by atoms with Crippen molar-refractivity contribution in [3.05, 3.63) is 0 Å². The highest BCUT2D eigenvalue weighted by atomic mass is 35.6. The Kier molecular flexibility index (Phi) is 6.17. The van der Waals surface area contributed by atoms with Crippen molar-refractivity contribution in [2.75, 3.05) is 20.8 Å². The molecule has 0 aromatic carbocycles. The molecular weight excluding hydrogens is 184 g/mol. The standard InChI is InChI=1S/C6H15ClO3Si/c1-4-5-6-10-11(7,8-2)9-3/h4-6H2,1-3H3. The molecule has 0 saturated heterocycles. The summed E-state index contributed by atoms with van der Waals surface area (Å²) in [5, 5.41) is 0. The highest BCUT2D eigenvalue weighted by Gasteiger charge is 2.36. The first kappa shape index (κ1) is 11.4. The molecule has 0 aromatic heterocycles. The molecule has 0 aliphatic rings. The van der Waals surface area contributed by atoms with E-state index in [1.54, 1.807) is 0 Å². The van der Waals surface area contributed by atoms with Crippen molar-refractivity contribution < 1.29 is 13.3 Å². The van der Waals surface area contributed by atoms with Crippen LogP contribution in [0, 0.1) is 0 Å². The maximum atomic E-state index is 5.82. The molecule has 0 N–H and O–H groups in total. The highest BCUT2D eigenvalue weighted by Crippen LogP contribution is 2.12. The van der Waals surface area contributed by atoms with Crippen LogP contribution in [-0.2, 0) is 13.3 Å². The van der Waals surface area contributed by atoms with Gasteiger partial charge in [-0.3, -0.25) is 0 Å². The van der Waals surface area contributed by atoms with Crippen LogP contribution >= 0.6 is 11.1 Å². The van der Waals surface area contributed by atoms with E-state index in [0.29, 0.717) is 6.61 Å². The van der Waals surface area contributed by atoms with Gasteiger partial charge in [0.1, 0.15) is 0 Å². The first-order chi connectivity index (χ1) is 5.18. The Balaban J connectivity index is 3.51. The Morgan fingerprint density at radius 2 is 1.82 bits per heavy atom. The Bertz CT molecular complexity index is 97.8. The molecule has 0 heterocycles. The Hall–Kier alpha value is 0.387. The third kappa shape index (κ3) is 4.76. The Labute approximate surface area is 73.7 Å². The van der Waals surface area contributed by atoms with Gasteiger partial charge in [-0.2, -0.15) is 0 Å².